The minimum Gasteiger partial charge on any atom is -0.323 e. The predicted molar refractivity (Wildman–Crippen MR) is 94.7 cm³/mol. The fourth-order valence-electron chi connectivity index (χ4n) is 2.41. The molecule has 0 spiro atoms. The van der Waals surface area contributed by atoms with Gasteiger partial charge in [0.05, 0.1) is 16.2 Å². The molecule has 0 saturated carbocycles. The van der Waals surface area contributed by atoms with E-state index in [-0.39, 0.29) is 5.69 Å². The van der Waals surface area contributed by atoms with Crippen LogP contribution in [0.1, 0.15) is 11.1 Å². The van der Waals surface area contributed by atoms with E-state index in [1.54, 1.807) is 36.4 Å². The summed E-state index contributed by atoms with van der Waals surface area (Å²) in [7, 11) is 0. The number of carbonyl (C=O) groups excluding carboxylic acids is 1. The monoisotopic (exact) mass is 350 g/mol. The van der Waals surface area contributed by atoms with Crippen LogP contribution in [0.5, 0.6) is 0 Å². The van der Waals surface area contributed by atoms with Gasteiger partial charge in [-0.15, -0.1) is 5.10 Å². The molecule has 1 N–H and O–H groups in total. The van der Waals surface area contributed by atoms with Gasteiger partial charge in [0, 0.05) is 17.8 Å². The van der Waals surface area contributed by atoms with Crippen molar-refractivity contribution < 1.29 is 9.72 Å². The first-order valence-electron chi connectivity index (χ1n) is 7.61. The summed E-state index contributed by atoms with van der Waals surface area (Å²) >= 11 is 0. The van der Waals surface area contributed by atoms with Crippen molar-refractivity contribution in [3.8, 4) is 5.69 Å². The molecule has 9 heteroatoms. The van der Waals surface area contributed by atoms with Crippen molar-refractivity contribution in [3.63, 3.8) is 0 Å². The second-order valence-corrected chi connectivity index (χ2v) is 5.39. The van der Waals surface area contributed by atoms with Gasteiger partial charge in [0.25, 0.3) is 5.69 Å². The minimum absolute atomic E-state index is 0.0572. The molecule has 9 nitrogen and oxygen atoms in total. The second-order valence-electron chi connectivity index (χ2n) is 5.39. The molecule has 3 aromatic rings. The van der Waals surface area contributed by atoms with Crippen molar-refractivity contribution in [1.29, 1.82) is 0 Å². The van der Waals surface area contributed by atoms with Crippen molar-refractivity contribution in [2.45, 2.75) is 6.92 Å². The number of nitro benzene ring substituents is 1. The molecule has 0 atom stereocenters. The lowest BCUT2D eigenvalue weighted by Crippen LogP contribution is -2.08. The van der Waals surface area contributed by atoms with Gasteiger partial charge in [-0.25, -0.2) is 4.68 Å². The van der Waals surface area contributed by atoms with Gasteiger partial charge in [0.1, 0.15) is 6.33 Å². The lowest BCUT2D eigenvalue weighted by atomic mass is 10.1. The van der Waals surface area contributed by atoms with Crippen LogP contribution in [0.15, 0.2) is 54.9 Å². The van der Waals surface area contributed by atoms with Crippen molar-refractivity contribution in [1.82, 2.24) is 20.2 Å². The summed E-state index contributed by atoms with van der Waals surface area (Å²) in [5, 5.41) is 24.7. The maximum Gasteiger partial charge on any atom is 0.276 e. The first kappa shape index (κ1) is 17.0. The van der Waals surface area contributed by atoms with Gasteiger partial charge in [-0.2, -0.15) is 0 Å². The molecule has 2 aromatic carbocycles. The number of aromatic nitrogens is 4. The molecule has 0 fully saturated rings. The van der Waals surface area contributed by atoms with E-state index in [2.05, 4.69) is 20.8 Å². The first-order valence-corrected chi connectivity index (χ1v) is 7.61. The van der Waals surface area contributed by atoms with Gasteiger partial charge in [0.2, 0.25) is 5.91 Å². The summed E-state index contributed by atoms with van der Waals surface area (Å²) in [6, 6.07) is 11.5. The summed E-state index contributed by atoms with van der Waals surface area (Å²) in [6.07, 6.45) is 4.15. The van der Waals surface area contributed by atoms with E-state index in [0.29, 0.717) is 11.3 Å². The number of hydrogen-bond donors (Lipinski definition) is 1. The van der Waals surface area contributed by atoms with E-state index in [4.69, 9.17) is 0 Å². The summed E-state index contributed by atoms with van der Waals surface area (Å²) in [6.45, 7) is 1.87. The second kappa shape index (κ2) is 7.34. The molecule has 0 aliphatic carbocycles. The molecular formula is C17H14N6O3. The third-order valence-electron chi connectivity index (χ3n) is 3.61. The predicted octanol–water partition coefficient (Wildman–Crippen LogP) is 2.53. The zero-order chi connectivity index (χ0) is 18.5. The fourth-order valence-corrected chi connectivity index (χ4v) is 2.41. The van der Waals surface area contributed by atoms with Gasteiger partial charge in [-0.05, 0) is 53.3 Å². The number of rotatable bonds is 5. The highest BCUT2D eigenvalue weighted by Crippen LogP contribution is 2.20. The van der Waals surface area contributed by atoms with Crippen LogP contribution in [0.4, 0.5) is 11.4 Å². The molecule has 0 bridgehead atoms. The summed E-state index contributed by atoms with van der Waals surface area (Å²) in [5.74, 6) is -0.391. The maximum absolute atomic E-state index is 12.1. The lowest BCUT2D eigenvalue weighted by molar-refractivity contribution is -0.385. The maximum atomic E-state index is 12.1. The molecule has 1 amide bonds. The van der Waals surface area contributed by atoms with Crippen LogP contribution in [-0.2, 0) is 4.79 Å². The number of carbonyl (C=O) groups is 1. The van der Waals surface area contributed by atoms with Crippen molar-refractivity contribution >= 4 is 23.4 Å². The Bertz CT molecular complexity index is 982. The van der Waals surface area contributed by atoms with E-state index < -0.39 is 10.8 Å². The van der Waals surface area contributed by atoms with Crippen LogP contribution in [0.3, 0.4) is 0 Å². The highest BCUT2D eigenvalue weighted by atomic mass is 16.6. The highest BCUT2D eigenvalue weighted by Gasteiger charge is 2.10. The number of para-hydroxylation sites is 1. The molecule has 0 radical (unpaired) electrons. The quantitative estimate of drug-likeness (QED) is 0.429. The van der Waals surface area contributed by atoms with E-state index in [1.807, 2.05) is 6.92 Å². The molecule has 0 unspecified atom stereocenters. The third kappa shape index (κ3) is 3.78. The summed E-state index contributed by atoms with van der Waals surface area (Å²) in [5.41, 5.74) is 2.56. The lowest BCUT2D eigenvalue weighted by Gasteiger charge is -2.08. The number of hydrogen-bond acceptors (Lipinski definition) is 6. The minimum atomic E-state index is -0.487. The Morgan fingerprint density at radius 3 is 2.77 bits per heavy atom. The molecule has 0 saturated heterocycles. The Balaban J connectivity index is 1.73. The number of tetrazole rings is 1. The molecule has 130 valence electrons. The van der Waals surface area contributed by atoms with Crippen LogP contribution >= 0.6 is 0 Å². The number of nitrogens with zero attached hydrogens (tertiary/aromatic N) is 5. The summed E-state index contributed by atoms with van der Waals surface area (Å²) in [4.78, 5) is 22.6. The third-order valence-corrected chi connectivity index (χ3v) is 3.61. The Kier molecular flexibility index (Phi) is 4.79. The number of amides is 1. The number of nitro groups is 1. The largest absolute Gasteiger partial charge is 0.323 e. The smallest absolute Gasteiger partial charge is 0.276 e. The molecular weight excluding hydrogens is 336 g/mol. The van der Waals surface area contributed by atoms with Gasteiger partial charge < -0.3 is 5.32 Å². The number of aryl methyl sites for hydroxylation is 1. The van der Waals surface area contributed by atoms with E-state index in [1.165, 1.54) is 29.2 Å². The first-order chi connectivity index (χ1) is 12.5. The Hall–Kier alpha value is -3.88. The fraction of sp³-hybridized carbons (Fsp3) is 0.0588. The Morgan fingerprint density at radius 1 is 1.27 bits per heavy atom. The van der Waals surface area contributed by atoms with Crippen LogP contribution < -0.4 is 5.32 Å². The van der Waals surface area contributed by atoms with Crippen LogP contribution in [-0.4, -0.2) is 31.0 Å². The van der Waals surface area contributed by atoms with Crippen LogP contribution in [0.2, 0.25) is 0 Å². The van der Waals surface area contributed by atoms with Crippen LogP contribution in [0.25, 0.3) is 11.8 Å². The van der Waals surface area contributed by atoms with E-state index in [9.17, 15) is 14.9 Å². The zero-order valence-corrected chi connectivity index (χ0v) is 13.7. The highest BCUT2D eigenvalue weighted by molar-refractivity contribution is 6.02. The van der Waals surface area contributed by atoms with Gasteiger partial charge >= 0.3 is 0 Å². The molecule has 0 aliphatic heterocycles. The van der Waals surface area contributed by atoms with Gasteiger partial charge in [0.15, 0.2) is 0 Å². The summed E-state index contributed by atoms with van der Waals surface area (Å²) < 4.78 is 1.52. The van der Waals surface area contributed by atoms with Crippen molar-refractivity contribution in [2.24, 2.45) is 0 Å². The Morgan fingerprint density at radius 2 is 2.08 bits per heavy atom. The van der Waals surface area contributed by atoms with E-state index in [0.717, 1.165) is 11.3 Å². The van der Waals surface area contributed by atoms with Gasteiger partial charge in [-0.3, -0.25) is 14.9 Å². The zero-order valence-electron chi connectivity index (χ0n) is 13.7. The van der Waals surface area contributed by atoms with E-state index >= 15 is 0 Å². The average molecular weight is 350 g/mol. The molecule has 3 rings (SSSR count). The standard InChI is InChI=1S/C17H14N6O3/c1-12-10-14(7-8-15(12)22-11-18-20-21-22)19-17(24)9-6-13-4-2-3-5-16(13)23(25)26/h2-11H,1H3,(H,19,24). The molecule has 1 aromatic heterocycles. The number of benzene rings is 2. The van der Waals surface area contributed by atoms with Crippen molar-refractivity contribution in [2.75, 3.05) is 5.32 Å². The average Bonchev–Trinajstić information content (AvgIpc) is 3.14. The van der Waals surface area contributed by atoms with Crippen LogP contribution in [0, 0.1) is 17.0 Å². The van der Waals surface area contributed by atoms with Crippen molar-refractivity contribution in [3.05, 3.63) is 76.1 Å². The Labute approximate surface area is 148 Å². The topological polar surface area (TPSA) is 116 Å². The molecule has 26 heavy (non-hydrogen) atoms. The number of anilines is 1. The molecule has 0 aliphatic rings. The normalized spacial score (nSPS) is 10.8. The van der Waals surface area contributed by atoms with Gasteiger partial charge in [-0.1, -0.05) is 12.1 Å². The SMILES string of the molecule is Cc1cc(NC(=O)C=Cc2ccccc2[N+](=O)[O-])ccc1-n1cnnn1. The molecule has 1 heterocycles. The number of nitrogens with one attached hydrogen (secondary N) is 1.